The van der Waals surface area contributed by atoms with Gasteiger partial charge in [-0.25, -0.2) is 4.98 Å². The first-order valence-electron chi connectivity index (χ1n) is 3.17. The van der Waals surface area contributed by atoms with Crippen molar-refractivity contribution in [3.8, 4) is 0 Å². The summed E-state index contributed by atoms with van der Waals surface area (Å²) < 4.78 is 0.808. The standard InChI is InChI=1S/C6H9BrN2OS/c1-8-2-5(10)4-3-11-6(7)9-4/h3,5,8,10H,2H2,1H3. The van der Waals surface area contributed by atoms with Gasteiger partial charge in [0.2, 0.25) is 0 Å². The molecular weight excluding hydrogens is 228 g/mol. The molecule has 0 saturated heterocycles. The highest BCUT2D eigenvalue weighted by atomic mass is 79.9. The average molecular weight is 237 g/mol. The van der Waals surface area contributed by atoms with Crippen molar-refractivity contribution in [1.82, 2.24) is 10.3 Å². The molecule has 0 bridgehead atoms. The zero-order chi connectivity index (χ0) is 8.27. The van der Waals surface area contributed by atoms with Crippen molar-refractivity contribution >= 4 is 27.3 Å². The maximum Gasteiger partial charge on any atom is 0.159 e. The number of nitrogens with zero attached hydrogens (tertiary/aromatic N) is 1. The van der Waals surface area contributed by atoms with Gasteiger partial charge in [0.25, 0.3) is 0 Å². The molecule has 1 heterocycles. The van der Waals surface area contributed by atoms with E-state index in [1.165, 1.54) is 11.3 Å². The normalized spacial score (nSPS) is 13.4. The molecule has 5 heteroatoms. The lowest BCUT2D eigenvalue weighted by Gasteiger charge is -2.04. The third-order valence-corrected chi connectivity index (χ3v) is 2.62. The van der Waals surface area contributed by atoms with Crippen LogP contribution in [0.4, 0.5) is 0 Å². The van der Waals surface area contributed by atoms with Crippen LogP contribution in [0.2, 0.25) is 0 Å². The van der Waals surface area contributed by atoms with Gasteiger partial charge < -0.3 is 10.4 Å². The highest BCUT2D eigenvalue weighted by Crippen LogP contribution is 2.20. The quantitative estimate of drug-likeness (QED) is 0.829. The van der Waals surface area contributed by atoms with Crippen LogP contribution in [0.25, 0.3) is 0 Å². The maximum absolute atomic E-state index is 9.39. The van der Waals surface area contributed by atoms with E-state index >= 15 is 0 Å². The molecule has 0 aliphatic heterocycles. The molecule has 0 aliphatic carbocycles. The lowest BCUT2D eigenvalue weighted by Crippen LogP contribution is -2.16. The van der Waals surface area contributed by atoms with Gasteiger partial charge >= 0.3 is 0 Å². The first kappa shape index (κ1) is 9.12. The Kier molecular flexibility index (Phi) is 3.45. The van der Waals surface area contributed by atoms with E-state index in [4.69, 9.17) is 0 Å². The molecule has 0 fully saturated rings. The molecule has 1 aromatic heterocycles. The number of likely N-dealkylation sites (N-methyl/N-ethyl adjacent to an activating group) is 1. The summed E-state index contributed by atoms with van der Waals surface area (Å²) in [5.74, 6) is 0. The molecule has 1 aromatic rings. The predicted octanol–water partition coefficient (Wildman–Crippen LogP) is 1.16. The Morgan fingerprint density at radius 1 is 1.91 bits per heavy atom. The van der Waals surface area contributed by atoms with Gasteiger partial charge in [-0.05, 0) is 23.0 Å². The third-order valence-electron chi connectivity index (χ3n) is 1.23. The number of rotatable bonds is 3. The van der Waals surface area contributed by atoms with Crippen molar-refractivity contribution in [3.63, 3.8) is 0 Å². The predicted molar refractivity (Wildman–Crippen MR) is 48.7 cm³/mol. The van der Waals surface area contributed by atoms with Crippen LogP contribution in [0.15, 0.2) is 9.30 Å². The van der Waals surface area contributed by atoms with Crippen molar-refractivity contribution in [1.29, 1.82) is 0 Å². The monoisotopic (exact) mass is 236 g/mol. The molecule has 3 nitrogen and oxygen atoms in total. The third kappa shape index (κ3) is 2.52. The largest absolute Gasteiger partial charge is 0.385 e. The molecule has 1 unspecified atom stereocenters. The van der Waals surface area contributed by atoms with Crippen LogP contribution in [0, 0.1) is 0 Å². The number of nitrogens with one attached hydrogen (secondary N) is 1. The fourth-order valence-electron chi connectivity index (χ4n) is 0.714. The van der Waals surface area contributed by atoms with Crippen LogP contribution < -0.4 is 5.32 Å². The summed E-state index contributed by atoms with van der Waals surface area (Å²) in [6.07, 6.45) is -0.498. The molecule has 1 atom stereocenters. The number of aliphatic hydroxyl groups is 1. The van der Waals surface area contributed by atoms with Gasteiger partial charge in [0.1, 0.15) is 6.10 Å². The fraction of sp³-hybridized carbons (Fsp3) is 0.500. The van der Waals surface area contributed by atoms with Gasteiger partial charge in [-0.2, -0.15) is 0 Å². The molecule has 11 heavy (non-hydrogen) atoms. The van der Waals surface area contributed by atoms with Gasteiger partial charge in [-0.15, -0.1) is 11.3 Å². The molecule has 62 valence electrons. The Balaban J connectivity index is 2.60. The summed E-state index contributed by atoms with van der Waals surface area (Å²) in [7, 11) is 1.80. The minimum Gasteiger partial charge on any atom is -0.385 e. The average Bonchev–Trinajstić information content (AvgIpc) is 2.36. The van der Waals surface area contributed by atoms with Crippen molar-refractivity contribution in [2.45, 2.75) is 6.10 Å². The Hall–Kier alpha value is 0.0300. The number of hydrogen-bond acceptors (Lipinski definition) is 4. The molecule has 0 aromatic carbocycles. The fourth-order valence-corrected chi connectivity index (χ4v) is 1.79. The topological polar surface area (TPSA) is 45.1 Å². The van der Waals surface area contributed by atoms with E-state index in [1.807, 2.05) is 5.38 Å². The van der Waals surface area contributed by atoms with Crippen LogP contribution in [-0.2, 0) is 0 Å². The lowest BCUT2D eigenvalue weighted by molar-refractivity contribution is 0.173. The minimum absolute atomic E-state index is 0.498. The second kappa shape index (κ2) is 4.15. The van der Waals surface area contributed by atoms with Crippen LogP contribution in [0.1, 0.15) is 11.8 Å². The van der Waals surface area contributed by atoms with Crippen LogP contribution >= 0.6 is 27.3 Å². The van der Waals surface area contributed by atoms with Gasteiger partial charge in [0.15, 0.2) is 3.92 Å². The molecule has 0 saturated carbocycles. The van der Waals surface area contributed by atoms with E-state index in [-0.39, 0.29) is 0 Å². The van der Waals surface area contributed by atoms with Crippen molar-refractivity contribution in [3.05, 3.63) is 15.0 Å². The summed E-state index contributed by atoms with van der Waals surface area (Å²) >= 11 is 4.70. The smallest absolute Gasteiger partial charge is 0.159 e. The number of halogens is 1. The first-order chi connectivity index (χ1) is 5.24. The lowest BCUT2D eigenvalue weighted by atomic mass is 10.3. The van der Waals surface area contributed by atoms with Gasteiger partial charge in [-0.3, -0.25) is 0 Å². The second-order valence-corrected chi connectivity index (χ2v) is 4.23. The highest BCUT2D eigenvalue weighted by Gasteiger charge is 2.08. The van der Waals surface area contributed by atoms with E-state index in [0.29, 0.717) is 6.54 Å². The number of hydrogen-bond donors (Lipinski definition) is 2. The summed E-state index contributed by atoms with van der Waals surface area (Å²) in [4.78, 5) is 4.07. The number of thiazole rings is 1. The van der Waals surface area contributed by atoms with E-state index in [1.54, 1.807) is 7.05 Å². The molecule has 2 N–H and O–H groups in total. The Morgan fingerprint density at radius 2 is 2.64 bits per heavy atom. The molecule has 0 amide bonds. The minimum atomic E-state index is -0.498. The maximum atomic E-state index is 9.39. The van der Waals surface area contributed by atoms with E-state index in [9.17, 15) is 5.11 Å². The van der Waals surface area contributed by atoms with Gasteiger partial charge in [0, 0.05) is 11.9 Å². The number of aliphatic hydroxyl groups excluding tert-OH is 1. The van der Waals surface area contributed by atoms with Crippen LogP contribution in [0.3, 0.4) is 0 Å². The molecule has 0 aliphatic rings. The Labute approximate surface area is 77.6 Å². The molecule has 0 spiro atoms. The molecular formula is C6H9BrN2OS. The summed E-state index contributed by atoms with van der Waals surface area (Å²) in [5.41, 5.74) is 0.719. The van der Waals surface area contributed by atoms with Crippen LogP contribution in [-0.4, -0.2) is 23.7 Å². The SMILES string of the molecule is CNCC(O)c1csc(Br)n1. The summed E-state index contributed by atoms with van der Waals surface area (Å²) in [5, 5.41) is 14.1. The van der Waals surface area contributed by atoms with E-state index in [0.717, 1.165) is 9.61 Å². The summed E-state index contributed by atoms with van der Waals surface area (Å²) in [6, 6.07) is 0. The van der Waals surface area contributed by atoms with Crippen molar-refractivity contribution in [2.75, 3.05) is 13.6 Å². The zero-order valence-electron chi connectivity index (χ0n) is 6.04. The second-order valence-electron chi connectivity index (χ2n) is 2.10. The van der Waals surface area contributed by atoms with Crippen molar-refractivity contribution in [2.24, 2.45) is 0 Å². The highest BCUT2D eigenvalue weighted by molar-refractivity contribution is 9.11. The van der Waals surface area contributed by atoms with Gasteiger partial charge in [0.05, 0.1) is 5.69 Å². The van der Waals surface area contributed by atoms with Crippen molar-refractivity contribution < 1.29 is 5.11 Å². The van der Waals surface area contributed by atoms with E-state index in [2.05, 4.69) is 26.2 Å². The summed E-state index contributed by atoms with van der Waals surface area (Å²) in [6.45, 7) is 0.538. The number of aromatic nitrogens is 1. The molecule has 0 radical (unpaired) electrons. The van der Waals surface area contributed by atoms with E-state index < -0.39 is 6.10 Å². The Bertz CT molecular complexity index is 228. The molecule has 1 rings (SSSR count). The van der Waals surface area contributed by atoms with Crippen LogP contribution in [0.5, 0.6) is 0 Å². The first-order valence-corrected chi connectivity index (χ1v) is 4.85. The van der Waals surface area contributed by atoms with Gasteiger partial charge in [-0.1, -0.05) is 0 Å². The zero-order valence-corrected chi connectivity index (χ0v) is 8.44. The Morgan fingerprint density at radius 3 is 3.09 bits per heavy atom.